The maximum atomic E-state index is 12.9. The molecule has 0 saturated carbocycles. The number of aromatic nitrogens is 4. The average molecular weight is 441 g/mol. The van der Waals surface area contributed by atoms with Crippen LogP contribution >= 0.6 is 0 Å². The highest BCUT2D eigenvalue weighted by atomic mass is 16.5. The van der Waals surface area contributed by atoms with E-state index in [2.05, 4.69) is 16.3 Å². The number of pyridine rings is 1. The Morgan fingerprint density at radius 1 is 1.21 bits per heavy atom. The van der Waals surface area contributed by atoms with Gasteiger partial charge in [0.2, 0.25) is 0 Å². The number of hydrogen-bond donors (Lipinski definition) is 1. The molecule has 0 bridgehead atoms. The fourth-order valence-corrected chi connectivity index (χ4v) is 4.30. The van der Waals surface area contributed by atoms with Crippen molar-refractivity contribution in [3.05, 3.63) is 65.7 Å². The molecule has 0 spiro atoms. The molecule has 1 saturated heterocycles. The van der Waals surface area contributed by atoms with Crippen LogP contribution in [-0.2, 0) is 0 Å². The van der Waals surface area contributed by atoms with Crippen LogP contribution in [-0.4, -0.2) is 50.4 Å². The summed E-state index contributed by atoms with van der Waals surface area (Å²) in [6.07, 6.45) is 7.98. The molecule has 5 rings (SSSR count). The minimum Gasteiger partial charge on any atom is -0.494 e. The molecule has 0 radical (unpaired) electrons. The number of methoxy groups -OCH3 is 1. The van der Waals surface area contributed by atoms with E-state index in [1.807, 2.05) is 41.0 Å². The van der Waals surface area contributed by atoms with Gasteiger partial charge in [0.1, 0.15) is 22.9 Å². The van der Waals surface area contributed by atoms with Crippen LogP contribution in [0.15, 0.2) is 49.1 Å². The highest BCUT2D eigenvalue weighted by molar-refractivity contribution is 5.95. The Bertz CT molecular complexity index is 1410. The maximum absolute atomic E-state index is 12.9. The molecule has 2 N–H and O–H groups in total. The first-order chi connectivity index (χ1) is 16.0. The predicted octanol–water partition coefficient (Wildman–Crippen LogP) is 3.06. The van der Waals surface area contributed by atoms with Crippen LogP contribution in [0.1, 0.15) is 33.9 Å². The number of fused-ring (bicyclic) bond motifs is 1. The van der Waals surface area contributed by atoms with Gasteiger partial charge in [0, 0.05) is 47.9 Å². The molecule has 0 aliphatic carbocycles. The Labute approximate surface area is 190 Å². The molecule has 0 unspecified atom stereocenters. The van der Waals surface area contributed by atoms with Crippen molar-refractivity contribution < 1.29 is 9.53 Å². The molecule has 4 heterocycles. The molecule has 1 amide bonds. The Morgan fingerprint density at radius 3 is 2.82 bits per heavy atom. The third-order valence-corrected chi connectivity index (χ3v) is 6.19. The van der Waals surface area contributed by atoms with Gasteiger partial charge in [-0.05, 0) is 43.2 Å². The standard InChI is InChI=1S/C24H23N7O2/c1-15-7-16(3-4-21(15)26)24(32)29-6-5-20(14-29)30-13-19(11-27-30)17-8-22(33-2)23-18(9-25)10-28-31(23)12-17/h3-4,7-8,10-13,20H,5-6,14,26H2,1-2H3/t20-/m0/s1. The van der Waals surface area contributed by atoms with Crippen LogP contribution in [0.3, 0.4) is 0 Å². The van der Waals surface area contributed by atoms with Gasteiger partial charge in [0.05, 0.1) is 25.5 Å². The van der Waals surface area contributed by atoms with E-state index in [9.17, 15) is 10.1 Å². The SMILES string of the molecule is COc1cc(-c2cnn([C@H]3CCN(C(=O)c4ccc(N)c(C)c4)C3)c2)cn2ncc(C#N)c12. The lowest BCUT2D eigenvalue weighted by Gasteiger charge is -2.17. The summed E-state index contributed by atoms with van der Waals surface area (Å²) in [5, 5.41) is 18.1. The van der Waals surface area contributed by atoms with Crippen molar-refractivity contribution in [1.82, 2.24) is 24.3 Å². The van der Waals surface area contributed by atoms with Crippen molar-refractivity contribution in [1.29, 1.82) is 5.26 Å². The highest BCUT2D eigenvalue weighted by Crippen LogP contribution is 2.31. The zero-order valence-electron chi connectivity index (χ0n) is 18.4. The van der Waals surface area contributed by atoms with E-state index in [1.165, 1.54) is 6.20 Å². The summed E-state index contributed by atoms with van der Waals surface area (Å²) in [5.74, 6) is 0.584. The normalized spacial score (nSPS) is 15.7. The molecule has 1 atom stereocenters. The van der Waals surface area contributed by atoms with E-state index in [0.29, 0.717) is 41.2 Å². The minimum atomic E-state index is 0.00940. The van der Waals surface area contributed by atoms with E-state index >= 15 is 0 Å². The summed E-state index contributed by atoms with van der Waals surface area (Å²) >= 11 is 0. The molecule has 166 valence electrons. The van der Waals surface area contributed by atoms with Crippen molar-refractivity contribution in [2.45, 2.75) is 19.4 Å². The summed E-state index contributed by atoms with van der Waals surface area (Å²) in [7, 11) is 1.57. The molecule has 3 aromatic heterocycles. The number of carbonyl (C=O) groups is 1. The van der Waals surface area contributed by atoms with E-state index in [4.69, 9.17) is 10.5 Å². The van der Waals surface area contributed by atoms with Crippen LogP contribution in [0.5, 0.6) is 5.75 Å². The second kappa shape index (κ2) is 7.98. The number of aryl methyl sites for hydroxylation is 1. The highest BCUT2D eigenvalue weighted by Gasteiger charge is 2.29. The third kappa shape index (κ3) is 3.55. The number of nitrogen functional groups attached to an aromatic ring is 1. The van der Waals surface area contributed by atoms with Crippen molar-refractivity contribution in [2.75, 3.05) is 25.9 Å². The van der Waals surface area contributed by atoms with Crippen LogP contribution < -0.4 is 10.5 Å². The molecule has 1 fully saturated rings. The number of anilines is 1. The lowest BCUT2D eigenvalue weighted by molar-refractivity contribution is 0.0787. The van der Waals surface area contributed by atoms with E-state index in [-0.39, 0.29) is 11.9 Å². The number of hydrogen-bond acceptors (Lipinski definition) is 6. The Hall–Kier alpha value is -4.32. The van der Waals surface area contributed by atoms with E-state index in [0.717, 1.165) is 23.1 Å². The first kappa shape index (κ1) is 20.6. The van der Waals surface area contributed by atoms with Crippen LogP contribution in [0.25, 0.3) is 16.6 Å². The molecule has 1 aromatic carbocycles. The van der Waals surface area contributed by atoms with E-state index < -0.39 is 0 Å². The number of rotatable bonds is 4. The summed E-state index contributed by atoms with van der Waals surface area (Å²) < 4.78 is 9.07. The van der Waals surface area contributed by atoms with Gasteiger partial charge in [0.15, 0.2) is 0 Å². The number of nitrogens with zero attached hydrogens (tertiary/aromatic N) is 6. The van der Waals surface area contributed by atoms with Gasteiger partial charge >= 0.3 is 0 Å². The molecular formula is C24H23N7O2. The number of ether oxygens (including phenoxy) is 1. The van der Waals surface area contributed by atoms with Crippen molar-refractivity contribution in [2.24, 2.45) is 0 Å². The molecular weight excluding hydrogens is 418 g/mol. The zero-order valence-corrected chi connectivity index (χ0v) is 18.4. The fourth-order valence-electron chi connectivity index (χ4n) is 4.30. The number of benzene rings is 1. The number of nitriles is 1. The smallest absolute Gasteiger partial charge is 0.253 e. The maximum Gasteiger partial charge on any atom is 0.253 e. The van der Waals surface area contributed by atoms with E-state index in [1.54, 1.807) is 30.0 Å². The molecule has 33 heavy (non-hydrogen) atoms. The van der Waals surface area contributed by atoms with Crippen LogP contribution in [0.2, 0.25) is 0 Å². The van der Waals surface area contributed by atoms with Crippen molar-refractivity contribution in [3.63, 3.8) is 0 Å². The van der Waals surface area contributed by atoms with Crippen LogP contribution in [0.4, 0.5) is 5.69 Å². The van der Waals surface area contributed by atoms with Crippen LogP contribution in [0, 0.1) is 18.3 Å². The second-order valence-electron chi connectivity index (χ2n) is 8.23. The molecule has 9 heteroatoms. The number of nitrogens with two attached hydrogens (primary N) is 1. The molecule has 1 aliphatic heterocycles. The summed E-state index contributed by atoms with van der Waals surface area (Å²) in [4.78, 5) is 14.8. The van der Waals surface area contributed by atoms with Crippen molar-refractivity contribution in [3.8, 4) is 22.9 Å². The van der Waals surface area contributed by atoms with Gasteiger partial charge in [-0.15, -0.1) is 0 Å². The number of likely N-dealkylation sites (tertiary alicyclic amines) is 1. The lowest BCUT2D eigenvalue weighted by atomic mass is 10.1. The number of carbonyl (C=O) groups excluding carboxylic acids is 1. The molecule has 1 aliphatic rings. The monoisotopic (exact) mass is 441 g/mol. The third-order valence-electron chi connectivity index (χ3n) is 6.19. The minimum absolute atomic E-state index is 0.00940. The Balaban J connectivity index is 1.37. The molecule has 4 aromatic rings. The van der Waals surface area contributed by atoms with Gasteiger partial charge in [0.25, 0.3) is 5.91 Å². The predicted molar refractivity (Wildman–Crippen MR) is 123 cm³/mol. The fraction of sp³-hybridized carbons (Fsp3) is 0.250. The zero-order chi connectivity index (χ0) is 23.1. The average Bonchev–Trinajstić information content (AvgIpc) is 3.58. The van der Waals surface area contributed by atoms with Gasteiger partial charge in [-0.25, -0.2) is 4.52 Å². The first-order valence-electron chi connectivity index (χ1n) is 10.6. The summed E-state index contributed by atoms with van der Waals surface area (Å²) in [5.41, 5.74) is 11.0. The Kier molecular flexibility index (Phi) is 4.98. The van der Waals surface area contributed by atoms with Gasteiger partial charge < -0.3 is 15.4 Å². The number of amides is 1. The summed E-state index contributed by atoms with van der Waals surface area (Å²) in [6.45, 7) is 3.17. The molecule has 9 nitrogen and oxygen atoms in total. The Morgan fingerprint density at radius 2 is 2.06 bits per heavy atom. The second-order valence-corrected chi connectivity index (χ2v) is 8.23. The summed E-state index contributed by atoms with van der Waals surface area (Å²) in [6, 6.07) is 9.51. The van der Waals surface area contributed by atoms with Gasteiger partial charge in [-0.3, -0.25) is 9.48 Å². The van der Waals surface area contributed by atoms with Crippen molar-refractivity contribution >= 4 is 17.1 Å². The topological polar surface area (TPSA) is 114 Å². The quantitative estimate of drug-likeness (QED) is 0.487. The largest absolute Gasteiger partial charge is 0.494 e. The van der Waals surface area contributed by atoms with Gasteiger partial charge in [-0.2, -0.15) is 15.5 Å². The first-order valence-corrected chi connectivity index (χ1v) is 10.6. The lowest BCUT2D eigenvalue weighted by Crippen LogP contribution is -2.29. The van der Waals surface area contributed by atoms with Gasteiger partial charge in [-0.1, -0.05) is 0 Å².